The highest BCUT2D eigenvalue weighted by atomic mass is 32.1. The first-order valence-corrected chi connectivity index (χ1v) is 6.53. The van der Waals surface area contributed by atoms with Crippen molar-refractivity contribution in [2.24, 2.45) is 5.41 Å². The summed E-state index contributed by atoms with van der Waals surface area (Å²) in [6.45, 7) is 11.0. The van der Waals surface area contributed by atoms with Gasteiger partial charge in [0.15, 0.2) is 0 Å². The number of thiazole rings is 1. The molecule has 0 saturated heterocycles. The fourth-order valence-corrected chi connectivity index (χ4v) is 2.62. The summed E-state index contributed by atoms with van der Waals surface area (Å²) in [6, 6.07) is 0. The zero-order valence-corrected chi connectivity index (χ0v) is 11.1. The molecule has 1 aromatic heterocycles. The lowest BCUT2D eigenvalue weighted by Gasteiger charge is -2.23. The van der Waals surface area contributed by atoms with E-state index in [9.17, 15) is 0 Å². The highest BCUT2D eigenvalue weighted by molar-refractivity contribution is 7.09. The summed E-state index contributed by atoms with van der Waals surface area (Å²) in [7, 11) is 0. The zero-order chi connectivity index (χ0) is 11.3. The van der Waals surface area contributed by atoms with Gasteiger partial charge in [0.2, 0.25) is 0 Å². The number of hydrogen-bond acceptors (Lipinski definition) is 3. The fraction of sp³-hybridized carbons (Fsp3) is 0.750. The van der Waals surface area contributed by atoms with Crippen LogP contribution in [0.1, 0.15) is 37.9 Å². The lowest BCUT2D eigenvalue weighted by molar-refractivity contribution is 0.326. The predicted molar refractivity (Wildman–Crippen MR) is 67.5 cm³/mol. The maximum Gasteiger partial charge on any atom is 0.0933 e. The van der Waals surface area contributed by atoms with E-state index in [-0.39, 0.29) is 0 Å². The van der Waals surface area contributed by atoms with Gasteiger partial charge >= 0.3 is 0 Å². The van der Waals surface area contributed by atoms with Crippen molar-refractivity contribution in [3.05, 3.63) is 16.1 Å². The number of nitrogens with zero attached hydrogens (tertiary/aromatic N) is 1. The van der Waals surface area contributed by atoms with E-state index in [2.05, 4.69) is 43.4 Å². The number of aryl methyl sites for hydroxylation is 1. The van der Waals surface area contributed by atoms with E-state index in [1.54, 1.807) is 11.3 Å². The van der Waals surface area contributed by atoms with Gasteiger partial charge in [-0.05, 0) is 31.8 Å². The average Bonchev–Trinajstić information content (AvgIpc) is 2.50. The Labute approximate surface area is 97.1 Å². The molecule has 0 fully saturated rings. The Kier molecular flexibility index (Phi) is 4.74. The Morgan fingerprint density at radius 3 is 2.73 bits per heavy atom. The van der Waals surface area contributed by atoms with Crippen LogP contribution in [0.4, 0.5) is 0 Å². The molecule has 1 N–H and O–H groups in total. The molecule has 0 saturated carbocycles. The van der Waals surface area contributed by atoms with Gasteiger partial charge in [-0.1, -0.05) is 20.8 Å². The van der Waals surface area contributed by atoms with Crippen molar-refractivity contribution in [2.75, 3.05) is 13.1 Å². The Hall–Kier alpha value is -0.410. The molecule has 1 aromatic rings. The van der Waals surface area contributed by atoms with Crippen molar-refractivity contribution in [1.29, 1.82) is 0 Å². The Bertz CT molecular complexity index is 292. The summed E-state index contributed by atoms with van der Waals surface area (Å²) in [5.41, 5.74) is 1.50. The van der Waals surface area contributed by atoms with Crippen molar-refractivity contribution in [3.63, 3.8) is 0 Å². The average molecular weight is 226 g/mol. The highest BCUT2D eigenvalue weighted by Crippen LogP contribution is 2.26. The molecule has 0 aliphatic rings. The van der Waals surface area contributed by atoms with Crippen LogP contribution >= 0.6 is 11.3 Å². The normalized spacial score (nSPS) is 12.0. The largest absolute Gasteiger partial charge is 0.317 e. The minimum atomic E-state index is 0.354. The van der Waals surface area contributed by atoms with Crippen LogP contribution in [-0.2, 0) is 6.42 Å². The highest BCUT2D eigenvalue weighted by Gasteiger charge is 2.19. The zero-order valence-electron chi connectivity index (χ0n) is 10.3. The van der Waals surface area contributed by atoms with Gasteiger partial charge in [-0.25, -0.2) is 4.98 Å². The van der Waals surface area contributed by atoms with E-state index in [4.69, 9.17) is 0 Å². The van der Waals surface area contributed by atoms with Crippen LogP contribution in [0, 0.1) is 12.3 Å². The topological polar surface area (TPSA) is 24.9 Å². The second-order valence-electron chi connectivity index (χ2n) is 4.83. The monoisotopic (exact) mass is 226 g/mol. The predicted octanol–water partition coefficient (Wildman–Crippen LogP) is 3.02. The van der Waals surface area contributed by atoms with Gasteiger partial charge in [0.05, 0.1) is 5.01 Å². The number of rotatable bonds is 6. The third-order valence-electron chi connectivity index (χ3n) is 2.52. The minimum Gasteiger partial charge on any atom is -0.317 e. The van der Waals surface area contributed by atoms with Crippen LogP contribution in [0.25, 0.3) is 0 Å². The molecule has 0 unspecified atom stereocenters. The standard InChI is InChI=1S/C12H22N2S/c1-5-13-7-6-12(3,4)8-11-14-10(2)9-15-11/h9,13H,5-8H2,1-4H3. The molecule has 3 heteroatoms. The molecule has 86 valence electrons. The molecule has 0 amide bonds. The van der Waals surface area contributed by atoms with Crippen molar-refractivity contribution in [3.8, 4) is 0 Å². The second-order valence-corrected chi connectivity index (χ2v) is 5.77. The third kappa shape index (κ3) is 4.76. The number of aromatic nitrogens is 1. The van der Waals surface area contributed by atoms with Gasteiger partial charge in [0.1, 0.15) is 0 Å². The molecule has 0 bridgehead atoms. The summed E-state index contributed by atoms with van der Waals surface area (Å²) in [5, 5.41) is 6.79. The maximum absolute atomic E-state index is 4.52. The van der Waals surface area contributed by atoms with Crippen LogP contribution in [-0.4, -0.2) is 18.1 Å². The maximum atomic E-state index is 4.52. The summed E-state index contributed by atoms with van der Waals surface area (Å²) >= 11 is 1.78. The molecule has 0 aliphatic carbocycles. The van der Waals surface area contributed by atoms with Gasteiger partial charge in [0, 0.05) is 17.5 Å². The van der Waals surface area contributed by atoms with E-state index in [0.29, 0.717) is 5.41 Å². The number of nitrogens with one attached hydrogen (secondary N) is 1. The first-order valence-electron chi connectivity index (χ1n) is 5.65. The SMILES string of the molecule is CCNCCC(C)(C)Cc1nc(C)cs1. The van der Waals surface area contributed by atoms with Gasteiger partial charge < -0.3 is 5.32 Å². The fourth-order valence-electron chi connectivity index (χ4n) is 1.59. The summed E-state index contributed by atoms with van der Waals surface area (Å²) in [4.78, 5) is 4.52. The van der Waals surface area contributed by atoms with E-state index in [1.165, 1.54) is 11.4 Å². The first kappa shape index (κ1) is 12.7. The van der Waals surface area contributed by atoms with Crippen LogP contribution in [0.5, 0.6) is 0 Å². The molecule has 15 heavy (non-hydrogen) atoms. The van der Waals surface area contributed by atoms with E-state index in [0.717, 1.165) is 25.2 Å². The van der Waals surface area contributed by atoms with Crippen LogP contribution in [0.2, 0.25) is 0 Å². The summed E-state index contributed by atoms with van der Waals surface area (Å²) < 4.78 is 0. The third-order valence-corrected chi connectivity index (χ3v) is 3.49. The van der Waals surface area contributed by atoms with Crippen LogP contribution < -0.4 is 5.32 Å². The molecule has 0 spiro atoms. The lowest BCUT2D eigenvalue weighted by atomic mass is 9.86. The smallest absolute Gasteiger partial charge is 0.0933 e. The molecule has 2 nitrogen and oxygen atoms in total. The lowest BCUT2D eigenvalue weighted by Crippen LogP contribution is -2.23. The first-order chi connectivity index (χ1) is 7.03. The van der Waals surface area contributed by atoms with Crippen LogP contribution in [0.15, 0.2) is 5.38 Å². The van der Waals surface area contributed by atoms with Crippen molar-refractivity contribution >= 4 is 11.3 Å². The summed E-state index contributed by atoms with van der Waals surface area (Å²) in [5.74, 6) is 0. The minimum absolute atomic E-state index is 0.354. The van der Waals surface area contributed by atoms with E-state index in [1.807, 2.05) is 0 Å². The van der Waals surface area contributed by atoms with Crippen LogP contribution in [0.3, 0.4) is 0 Å². The Morgan fingerprint density at radius 1 is 1.47 bits per heavy atom. The van der Waals surface area contributed by atoms with Crippen molar-refractivity contribution < 1.29 is 0 Å². The van der Waals surface area contributed by atoms with Gasteiger partial charge in [-0.15, -0.1) is 11.3 Å². The Morgan fingerprint density at radius 2 is 2.20 bits per heavy atom. The molecule has 0 radical (unpaired) electrons. The summed E-state index contributed by atoms with van der Waals surface area (Å²) in [6.07, 6.45) is 2.30. The quantitative estimate of drug-likeness (QED) is 0.754. The van der Waals surface area contributed by atoms with E-state index >= 15 is 0 Å². The van der Waals surface area contributed by atoms with Gasteiger partial charge in [0.25, 0.3) is 0 Å². The van der Waals surface area contributed by atoms with E-state index < -0.39 is 0 Å². The molecule has 0 aliphatic heterocycles. The number of hydrogen-bond donors (Lipinski definition) is 1. The van der Waals surface area contributed by atoms with Crippen molar-refractivity contribution in [2.45, 2.75) is 40.5 Å². The second kappa shape index (κ2) is 5.61. The molecule has 0 atom stereocenters. The molecular formula is C12H22N2S. The van der Waals surface area contributed by atoms with Gasteiger partial charge in [-0.3, -0.25) is 0 Å². The molecular weight excluding hydrogens is 204 g/mol. The molecule has 1 heterocycles. The molecule has 0 aromatic carbocycles. The van der Waals surface area contributed by atoms with Gasteiger partial charge in [-0.2, -0.15) is 0 Å². The van der Waals surface area contributed by atoms with Crippen molar-refractivity contribution in [1.82, 2.24) is 10.3 Å². The molecule has 1 rings (SSSR count). The Balaban J connectivity index is 2.41.